The minimum atomic E-state index is 0.0506. The van der Waals surface area contributed by atoms with Crippen LogP contribution in [-0.4, -0.2) is 25.0 Å². The second kappa shape index (κ2) is 5.97. The van der Waals surface area contributed by atoms with Gasteiger partial charge in [-0.3, -0.25) is 4.79 Å². The molecule has 3 rings (SSSR count). The fourth-order valence-corrected chi connectivity index (χ4v) is 4.04. The number of nitrogens with one attached hydrogen (secondary N) is 1. The van der Waals surface area contributed by atoms with Gasteiger partial charge in [0.1, 0.15) is 0 Å². The number of amides is 1. The van der Waals surface area contributed by atoms with Crippen LogP contribution in [0.2, 0.25) is 0 Å². The lowest BCUT2D eigenvalue weighted by Crippen LogP contribution is -2.54. The number of nitrogens with zero attached hydrogens (tertiary/aromatic N) is 1. The van der Waals surface area contributed by atoms with E-state index in [0.717, 1.165) is 36.0 Å². The van der Waals surface area contributed by atoms with Gasteiger partial charge in [-0.2, -0.15) is 0 Å². The quantitative estimate of drug-likeness (QED) is 0.860. The molecule has 4 nitrogen and oxygen atoms in total. The van der Waals surface area contributed by atoms with Gasteiger partial charge in [0, 0.05) is 36.1 Å². The minimum Gasteiger partial charge on any atom is -0.370 e. The number of anilines is 1. The molecule has 0 spiro atoms. The van der Waals surface area contributed by atoms with Gasteiger partial charge in [0.2, 0.25) is 5.91 Å². The van der Waals surface area contributed by atoms with Crippen LogP contribution in [0.1, 0.15) is 37.8 Å². The van der Waals surface area contributed by atoms with Gasteiger partial charge in [0.25, 0.3) is 0 Å². The van der Waals surface area contributed by atoms with E-state index >= 15 is 0 Å². The molecule has 3 atom stereocenters. The van der Waals surface area contributed by atoms with Crippen molar-refractivity contribution >= 4 is 27.5 Å². The second-order valence-electron chi connectivity index (χ2n) is 6.21. The van der Waals surface area contributed by atoms with E-state index in [1.165, 1.54) is 5.69 Å². The summed E-state index contributed by atoms with van der Waals surface area (Å²) in [6.07, 6.45) is 2.69. The van der Waals surface area contributed by atoms with Crippen molar-refractivity contribution in [2.75, 3.05) is 18.0 Å². The van der Waals surface area contributed by atoms with E-state index < -0.39 is 0 Å². The smallest absolute Gasteiger partial charge is 0.220 e. The van der Waals surface area contributed by atoms with E-state index in [1.54, 1.807) is 0 Å². The van der Waals surface area contributed by atoms with Crippen molar-refractivity contribution in [1.29, 1.82) is 0 Å². The fraction of sp³-hybridized carbons (Fsp3) is 0.562. The second-order valence-corrected chi connectivity index (χ2v) is 7.06. The highest BCUT2D eigenvalue weighted by atomic mass is 79.9. The Labute approximate surface area is 134 Å². The first-order chi connectivity index (χ1) is 10.0. The van der Waals surface area contributed by atoms with Crippen LogP contribution in [-0.2, 0) is 4.79 Å². The van der Waals surface area contributed by atoms with Crippen molar-refractivity contribution in [2.24, 2.45) is 11.7 Å². The molecular weight excluding hydrogens is 330 g/mol. The van der Waals surface area contributed by atoms with Gasteiger partial charge in [-0.1, -0.05) is 6.07 Å². The summed E-state index contributed by atoms with van der Waals surface area (Å²) in [7, 11) is 0. The SMILES string of the molecule is C[C@@H](N)c1ccc(N2CCC3NC(=O)CCC3C2)c(Br)c1. The van der Waals surface area contributed by atoms with Crippen LogP contribution < -0.4 is 16.0 Å². The van der Waals surface area contributed by atoms with Gasteiger partial charge in [0.05, 0.1) is 5.69 Å². The number of halogens is 1. The van der Waals surface area contributed by atoms with Gasteiger partial charge in [-0.15, -0.1) is 0 Å². The topological polar surface area (TPSA) is 58.4 Å². The van der Waals surface area contributed by atoms with Gasteiger partial charge in [0.15, 0.2) is 0 Å². The molecule has 1 amide bonds. The zero-order valence-corrected chi connectivity index (χ0v) is 13.9. The van der Waals surface area contributed by atoms with E-state index in [0.29, 0.717) is 18.4 Å². The maximum absolute atomic E-state index is 11.5. The average molecular weight is 352 g/mol. The Balaban J connectivity index is 1.75. The molecule has 0 aromatic heterocycles. The summed E-state index contributed by atoms with van der Waals surface area (Å²) in [5, 5.41) is 3.14. The summed E-state index contributed by atoms with van der Waals surface area (Å²) in [5.74, 6) is 0.781. The zero-order chi connectivity index (χ0) is 15.0. The summed E-state index contributed by atoms with van der Waals surface area (Å²) in [5.41, 5.74) is 8.31. The third-order valence-corrected chi connectivity index (χ3v) is 5.30. The third kappa shape index (κ3) is 3.09. The molecule has 114 valence electrons. The number of hydrogen-bond donors (Lipinski definition) is 2. The Morgan fingerprint density at radius 1 is 1.43 bits per heavy atom. The number of benzene rings is 1. The molecule has 0 radical (unpaired) electrons. The molecule has 2 saturated heterocycles. The first-order valence-corrected chi connectivity index (χ1v) is 8.43. The minimum absolute atomic E-state index is 0.0506. The fourth-order valence-electron chi connectivity index (χ4n) is 3.39. The summed E-state index contributed by atoms with van der Waals surface area (Å²) in [4.78, 5) is 13.9. The van der Waals surface area contributed by atoms with Crippen LogP contribution in [0.15, 0.2) is 22.7 Å². The summed E-state index contributed by atoms with van der Waals surface area (Å²) in [6.45, 7) is 4.00. The Bertz CT molecular complexity index is 546. The van der Waals surface area contributed by atoms with Crippen molar-refractivity contribution in [2.45, 2.75) is 38.3 Å². The molecule has 0 aliphatic carbocycles. The van der Waals surface area contributed by atoms with Crippen molar-refractivity contribution in [3.63, 3.8) is 0 Å². The molecule has 1 aromatic carbocycles. The molecule has 2 heterocycles. The largest absolute Gasteiger partial charge is 0.370 e. The molecule has 2 fully saturated rings. The highest BCUT2D eigenvalue weighted by Gasteiger charge is 2.34. The van der Waals surface area contributed by atoms with E-state index in [-0.39, 0.29) is 11.9 Å². The number of piperidine rings is 2. The lowest BCUT2D eigenvalue weighted by Gasteiger charge is -2.42. The molecular formula is C16H22BrN3O. The van der Waals surface area contributed by atoms with Crippen molar-refractivity contribution < 1.29 is 4.79 Å². The predicted octanol–water partition coefficient (Wildman–Crippen LogP) is 2.57. The number of hydrogen-bond acceptors (Lipinski definition) is 3. The van der Waals surface area contributed by atoms with E-state index in [2.05, 4.69) is 44.3 Å². The van der Waals surface area contributed by atoms with Crippen LogP contribution in [0.25, 0.3) is 0 Å². The molecule has 3 N–H and O–H groups in total. The molecule has 21 heavy (non-hydrogen) atoms. The number of fused-ring (bicyclic) bond motifs is 1. The molecule has 0 bridgehead atoms. The number of carbonyl (C=O) groups is 1. The van der Waals surface area contributed by atoms with Gasteiger partial charge in [-0.25, -0.2) is 0 Å². The van der Waals surface area contributed by atoms with Crippen molar-refractivity contribution in [1.82, 2.24) is 5.32 Å². The van der Waals surface area contributed by atoms with Gasteiger partial charge >= 0.3 is 0 Å². The maximum atomic E-state index is 11.5. The molecule has 5 heteroatoms. The Kier molecular flexibility index (Phi) is 4.22. The lowest BCUT2D eigenvalue weighted by molar-refractivity contribution is -0.124. The highest BCUT2D eigenvalue weighted by molar-refractivity contribution is 9.10. The molecule has 2 aliphatic heterocycles. The predicted molar refractivity (Wildman–Crippen MR) is 88.2 cm³/mol. The first-order valence-electron chi connectivity index (χ1n) is 7.64. The molecule has 1 aromatic rings. The standard InChI is InChI=1S/C16H22BrN3O/c1-10(18)11-2-4-15(13(17)8-11)20-7-6-14-12(9-20)3-5-16(21)19-14/h2,4,8,10,12,14H,3,5-7,9,18H2,1H3,(H,19,21)/t10-,12?,14?/m1/s1. The van der Waals surface area contributed by atoms with Crippen LogP contribution in [0.5, 0.6) is 0 Å². The summed E-state index contributed by atoms with van der Waals surface area (Å²) in [6, 6.07) is 6.80. The van der Waals surface area contributed by atoms with Gasteiger partial charge < -0.3 is 16.0 Å². The Morgan fingerprint density at radius 2 is 2.24 bits per heavy atom. The molecule has 2 unspecified atom stereocenters. The lowest BCUT2D eigenvalue weighted by atomic mass is 9.85. The van der Waals surface area contributed by atoms with Crippen molar-refractivity contribution in [3.8, 4) is 0 Å². The molecule has 0 saturated carbocycles. The Morgan fingerprint density at radius 3 is 2.95 bits per heavy atom. The van der Waals surface area contributed by atoms with Gasteiger partial charge in [-0.05, 0) is 59.3 Å². The van der Waals surface area contributed by atoms with E-state index in [4.69, 9.17) is 5.73 Å². The number of nitrogens with two attached hydrogens (primary N) is 1. The van der Waals surface area contributed by atoms with E-state index in [1.807, 2.05) is 6.92 Å². The van der Waals surface area contributed by atoms with Crippen LogP contribution in [0, 0.1) is 5.92 Å². The normalized spacial score (nSPS) is 27.0. The van der Waals surface area contributed by atoms with Crippen LogP contribution in [0.4, 0.5) is 5.69 Å². The summed E-state index contributed by atoms with van der Waals surface area (Å²) < 4.78 is 1.11. The average Bonchev–Trinajstić information content (AvgIpc) is 2.46. The Hall–Kier alpha value is -1.07. The van der Waals surface area contributed by atoms with Crippen LogP contribution in [0.3, 0.4) is 0 Å². The number of carbonyl (C=O) groups excluding carboxylic acids is 1. The molecule has 2 aliphatic rings. The maximum Gasteiger partial charge on any atom is 0.220 e. The van der Waals surface area contributed by atoms with Crippen LogP contribution >= 0.6 is 15.9 Å². The zero-order valence-electron chi connectivity index (χ0n) is 12.3. The third-order valence-electron chi connectivity index (χ3n) is 4.66. The number of rotatable bonds is 2. The van der Waals surface area contributed by atoms with E-state index in [9.17, 15) is 4.79 Å². The van der Waals surface area contributed by atoms with Crippen molar-refractivity contribution in [3.05, 3.63) is 28.2 Å². The monoisotopic (exact) mass is 351 g/mol. The first kappa shape index (κ1) is 14.9. The summed E-state index contributed by atoms with van der Waals surface area (Å²) >= 11 is 3.68. The highest BCUT2D eigenvalue weighted by Crippen LogP contribution is 2.34.